The number of carbonyl (C=O) groups is 1. The Kier molecular flexibility index (Phi) is 10.4. The van der Waals surface area contributed by atoms with Gasteiger partial charge < -0.3 is 9.79 Å². The van der Waals surface area contributed by atoms with E-state index in [1.807, 2.05) is 0 Å². The Morgan fingerprint density at radius 3 is 1.38 bits per heavy atom. The number of ketones is 1. The van der Waals surface area contributed by atoms with E-state index in [4.69, 9.17) is 29.8 Å². The molecule has 0 aliphatic heterocycles. The maximum atomic E-state index is 11.9. The highest BCUT2D eigenvalue weighted by molar-refractivity contribution is 7.50. The van der Waals surface area contributed by atoms with Crippen LogP contribution in [-0.4, -0.2) is 26.8 Å². The lowest BCUT2D eigenvalue weighted by molar-refractivity contribution is -0.119. The van der Waals surface area contributed by atoms with E-state index in [1.165, 1.54) is 0 Å². The maximum Gasteiger partial charge on any atom is 0.400 e. The molecule has 9 nitrogen and oxygen atoms in total. The van der Waals surface area contributed by atoms with Gasteiger partial charge in [-0.25, -0.2) is 20.1 Å². The smallest absolute Gasteiger partial charge is 0.313 e. The largest absolute Gasteiger partial charge is 0.400 e. The highest BCUT2D eigenvalue weighted by Crippen LogP contribution is 2.40. The Morgan fingerprint density at radius 1 is 0.808 bits per heavy atom. The van der Waals surface area contributed by atoms with Gasteiger partial charge in [0.25, 0.3) is 0 Å². The minimum atomic E-state index is -4.02. The molecule has 0 saturated heterocycles. The van der Waals surface area contributed by atoms with Crippen LogP contribution in [0.5, 0.6) is 0 Å². The standard InChI is InChI=1S/C15H34N2O7P2/c1-14(2,23-25(16,19)20)11-7-5-9-13(18)10-6-8-12-15(3,4)24-26(17,21)22/h5-12H2,1-4H3,(H3,16,19,20)(H3,17,21,22). The molecule has 0 amide bonds. The van der Waals surface area contributed by atoms with E-state index in [1.54, 1.807) is 27.7 Å². The molecule has 0 fully saturated rings. The van der Waals surface area contributed by atoms with Crippen LogP contribution in [0.1, 0.15) is 79.1 Å². The average molecular weight is 416 g/mol. The second kappa shape index (κ2) is 10.4. The summed E-state index contributed by atoms with van der Waals surface area (Å²) >= 11 is 0. The molecule has 26 heavy (non-hydrogen) atoms. The van der Waals surface area contributed by atoms with Crippen LogP contribution in [0.25, 0.3) is 0 Å². The fourth-order valence-electron chi connectivity index (χ4n) is 2.67. The van der Waals surface area contributed by atoms with Gasteiger partial charge in [-0.1, -0.05) is 12.8 Å². The number of hydrogen-bond donors (Lipinski definition) is 4. The number of rotatable bonds is 14. The molecule has 0 bridgehead atoms. The molecule has 0 saturated carbocycles. The van der Waals surface area contributed by atoms with Crippen molar-refractivity contribution in [1.82, 2.24) is 0 Å². The van der Waals surface area contributed by atoms with Gasteiger partial charge in [-0.2, -0.15) is 0 Å². The summed E-state index contributed by atoms with van der Waals surface area (Å²) in [5.41, 5.74) is 8.36. The number of nitrogens with two attached hydrogens (primary N) is 2. The minimum absolute atomic E-state index is 0.140. The van der Waals surface area contributed by atoms with E-state index in [0.717, 1.165) is 0 Å². The van der Waals surface area contributed by atoms with E-state index in [2.05, 4.69) is 0 Å². The Labute approximate surface area is 156 Å². The molecule has 11 heteroatoms. The van der Waals surface area contributed by atoms with E-state index < -0.39 is 26.7 Å². The zero-order chi connectivity index (χ0) is 20.6. The zero-order valence-electron chi connectivity index (χ0n) is 16.1. The van der Waals surface area contributed by atoms with Gasteiger partial charge in [-0.3, -0.25) is 13.8 Å². The van der Waals surface area contributed by atoms with Crippen molar-refractivity contribution in [3.05, 3.63) is 0 Å². The van der Waals surface area contributed by atoms with E-state index >= 15 is 0 Å². The molecule has 2 atom stereocenters. The van der Waals surface area contributed by atoms with E-state index in [9.17, 15) is 13.9 Å². The molecule has 0 rings (SSSR count). The van der Waals surface area contributed by atoms with Crippen molar-refractivity contribution >= 4 is 21.3 Å². The number of Topliss-reactive ketones (excluding diaryl/α,β-unsaturated/α-hetero) is 1. The predicted octanol–water partition coefficient (Wildman–Crippen LogP) is 3.38. The van der Waals surface area contributed by atoms with Gasteiger partial charge in [0.05, 0.1) is 11.2 Å². The predicted molar refractivity (Wildman–Crippen MR) is 100 cm³/mol. The normalized spacial score (nSPS) is 17.5. The van der Waals surface area contributed by atoms with Crippen molar-refractivity contribution < 1.29 is 32.8 Å². The van der Waals surface area contributed by atoms with Crippen LogP contribution >= 0.6 is 15.5 Å². The minimum Gasteiger partial charge on any atom is -0.313 e. The van der Waals surface area contributed by atoms with Crippen molar-refractivity contribution in [3.8, 4) is 0 Å². The van der Waals surface area contributed by atoms with Gasteiger partial charge >= 0.3 is 15.5 Å². The van der Waals surface area contributed by atoms with Crippen LogP contribution in [0.2, 0.25) is 0 Å². The quantitative estimate of drug-likeness (QED) is 0.245. The Morgan fingerprint density at radius 2 is 1.12 bits per heavy atom. The van der Waals surface area contributed by atoms with Crippen molar-refractivity contribution in [2.45, 2.75) is 90.3 Å². The molecule has 0 aliphatic carbocycles. The van der Waals surface area contributed by atoms with E-state index in [-0.39, 0.29) is 5.78 Å². The lowest BCUT2D eigenvalue weighted by Gasteiger charge is -2.26. The number of hydrogen-bond acceptors (Lipinski definition) is 5. The summed E-state index contributed by atoms with van der Waals surface area (Å²) in [4.78, 5) is 30.0. The summed E-state index contributed by atoms with van der Waals surface area (Å²) in [5.74, 6) is 0.140. The van der Waals surface area contributed by atoms with E-state index in [0.29, 0.717) is 51.4 Å². The molecular weight excluding hydrogens is 382 g/mol. The monoisotopic (exact) mass is 416 g/mol. The van der Waals surface area contributed by atoms with Crippen molar-refractivity contribution in [3.63, 3.8) is 0 Å². The first kappa shape index (κ1) is 25.9. The first-order valence-electron chi connectivity index (χ1n) is 8.67. The van der Waals surface area contributed by atoms with Gasteiger partial charge in [0.1, 0.15) is 5.78 Å². The van der Waals surface area contributed by atoms with Gasteiger partial charge in [0.15, 0.2) is 0 Å². The molecule has 0 aromatic rings. The molecule has 0 radical (unpaired) electrons. The van der Waals surface area contributed by atoms with Gasteiger partial charge in [-0.05, 0) is 53.4 Å². The third kappa shape index (κ3) is 16.1. The van der Waals surface area contributed by atoms with Crippen LogP contribution in [0.3, 0.4) is 0 Å². The van der Waals surface area contributed by atoms with Crippen LogP contribution in [0.15, 0.2) is 0 Å². The van der Waals surface area contributed by atoms with Crippen LogP contribution < -0.4 is 11.0 Å². The Hall–Kier alpha value is -0.110. The molecule has 0 aliphatic rings. The SMILES string of the molecule is CC(C)(CCCCC(=O)CCCCC(C)(C)OP(N)(=O)O)OP(N)(=O)O. The summed E-state index contributed by atoms with van der Waals surface area (Å²) in [6.45, 7) is 6.73. The molecular formula is C15H34N2O7P2. The molecule has 0 heterocycles. The van der Waals surface area contributed by atoms with Crippen LogP contribution in [-0.2, 0) is 23.0 Å². The fraction of sp³-hybridized carbons (Fsp3) is 0.933. The lowest BCUT2D eigenvalue weighted by Crippen LogP contribution is -2.24. The summed E-state index contributed by atoms with van der Waals surface area (Å²) in [5, 5.41) is 0. The second-order valence-electron chi connectivity index (χ2n) is 7.78. The second-order valence-corrected chi connectivity index (χ2v) is 10.4. The Bertz CT molecular complexity index is 494. The maximum absolute atomic E-state index is 11.9. The first-order valence-corrected chi connectivity index (χ1v) is 12.0. The van der Waals surface area contributed by atoms with Crippen LogP contribution in [0.4, 0.5) is 0 Å². The zero-order valence-corrected chi connectivity index (χ0v) is 17.9. The average Bonchev–Trinajstić information content (AvgIpc) is 2.34. The molecule has 156 valence electrons. The Balaban J connectivity index is 3.91. The highest BCUT2D eigenvalue weighted by atomic mass is 31.2. The van der Waals surface area contributed by atoms with Gasteiger partial charge in [0, 0.05) is 12.8 Å². The van der Waals surface area contributed by atoms with Gasteiger partial charge in [-0.15, -0.1) is 0 Å². The molecule has 0 spiro atoms. The third-order valence-corrected chi connectivity index (χ3v) is 5.24. The summed E-state index contributed by atoms with van der Waals surface area (Å²) in [6.07, 6.45) is 4.61. The summed E-state index contributed by atoms with van der Waals surface area (Å²) in [6, 6.07) is 0. The number of carbonyl (C=O) groups excluding carboxylic acids is 1. The summed E-state index contributed by atoms with van der Waals surface area (Å²) < 4.78 is 32.0. The van der Waals surface area contributed by atoms with Crippen molar-refractivity contribution in [2.75, 3.05) is 0 Å². The topological polar surface area (TPSA) is 162 Å². The fourth-order valence-corrected chi connectivity index (χ4v) is 4.27. The summed E-state index contributed by atoms with van der Waals surface area (Å²) in [7, 11) is -8.04. The highest BCUT2D eigenvalue weighted by Gasteiger charge is 2.28. The first-order chi connectivity index (χ1) is 11.5. The molecule has 2 unspecified atom stereocenters. The molecule has 0 aromatic carbocycles. The molecule has 6 N–H and O–H groups in total. The van der Waals surface area contributed by atoms with Gasteiger partial charge in [0.2, 0.25) is 0 Å². The third-order valence-electron chi connectivity index (χ3n) is 3.72. The van der Waals surface area contributed by atoms with Crippen molar-refractivity contribution in [2.24, 2.45) is 11.0 Å². The number of unbranched alkanes of at least 4 members (excludes halogenated alkanes) is 2. The van der Waals surface area contributed by atoms with Crippen LogP contribution in [0, 0.1) is 0 Å². The van der Waals surface area contributed by atoms with Crippen molar-refractivity contribution in [1.29, 1.82) is 0 Å². The molecule has 0 aromatic heterocycles. The lowest BCUT2D eigenvalue weighted by atomic mass is 9.97.